The van der Waals surface area contributed by atoms with Gasteiger partial charge in [-0.1, -0.05) is 26.0 Å². The molecule has 0 saturated heterocycles. The molecule has 2 unspecified atom stereocenters. The average molecular weight is 308 g/mol. The van der Waals surface area contributed by atoms with E-state index in [0.29, 0.717) is 10.8 Å². The molecule has 1 aliphatic rings. The lowest BCUT2D eigenvalue weighted by Crippen LogP contribution is -2.46. The van der Waals surface area contributed by atoms with E-state index in [1.54, 1.807) is 12.1 Å². The second kappa shape index (κ2) is 6.30. The Morgan fingerprint density at radius 3 is 2.52 bits per heavy atom. The number of hydrogen-bond acceptors (Lipinski definition) is 3. The summed E-state index contributed by atoms with van der Waals surface area (Å²) < 4.78 is 18.0. The molecule has 2 atom stereocenters. The number of thiocarbonyl (C=S) groups is 1. The van der Waals surface area contributed by atoms with Crippen LogP contribution in [0.25, 0.3) is 0 Å². The Morgan fingerprint density at radius 1 is 1.38 bits per heavy atom. The monoisotopic (exact) mass is 308 g/mol. The van der Waals surface area contributed by atoms with E-state index < -0.39 is 12.0 Å². The smallest absolute Gasteiger partial charge is 0.316 e. The highest BCUT2D eigenvalue weighted by atomic mass is 32.1. The fourth-order valence-corrected chi connectivity index (χ4v) is 2.66. The van der Waals surface area contributed by atoms with Gasteiger partial charge in [-0.2, -0.15) is 0 Å². The molecule has 0 amide bonds. The van der Waals surface area contributed by atoms with Gasteiger partial charge < -0.3 is 10.1 Å². The van der Waals surface area contributed by atoms with Gasteiger partial charge in [-0.15, -0.1) is 0 Å². The van der Waals surface area contributed by atoms with Crippen LogP contribution < -0.4 is 5.32 Å². The number of halogens is 1. The van der Waals surface area contributed by atoms with Crippen molar-refractivity contribution >= 4 is 29.0 Å². The van der Waals surface area contributed by atoms with Gasteiger partial charge in [0, 0.05) is 5.71 Å². The predicted molar refractivity (Wildman–Crippen MR) is 82.7 cm³/mol. The molecule has 112 valence electrons. The molecule has 6 heteroatoms. The molecule has 2 rings (SSSR count). The van der Waals surface area contributed by atoms with E-state index in [4.69, 9.17) is 17.0 Å². The molecule has 0 aliphatic carbocycles. The summed E-state index contributed by atoms with van der Waals surface area (Å²) in [5.74, 6) is -1.24. The van der Waals surface area contributed by atoms with Crippen molar-refractivity contribution in [2.45, 2.75) is 19.9 Å². The van der Waals surface area contributed by atoms with Gasteiger partial charge >= 0.3 is 5.97 Å². The summed E-state index contributed by atoms with van der Waals surface area (Å²) in [6.07, 6.45) is 0. The molecule has 21 heavy (non-hydrogen) atoms. The number of carbonyl (C=O) groups is 1. The number of benzene rings is 1. The molecule has 0 radical (unpaired) electrons. The molecule has 1 aromatic rings. The van der Waals surface area contributed by atoms with Crippen molar-refractivity contribution in [1.82, 2.24) is 5.32 Å². The molecule has 0 aromatic heterocycles. The summed E-state index contributed by atoms with van der Waals surface area (Å²) in [5.41, 5.74) is 1.45. The van der Waals surface area contributed by atoms with Crippen LogP contribution in [0.5, 0.6) is 0 Å². The van der Waals surface area contributed by atoms with Crippen LogP contribution in [0, 0.1) is 17.7 Å². The highest BCUT2D eigenvalue weighted by molar-refractivity contribution is 7.80. The van der Waals surface area contributed by atoms with Gasteiger partial charge in [-0.05, 0) is 35.8 Å². The highest BCUT2D eigenvalue weighted by Gasteiger charge is 2.39. The second-order valence-electron chi connectivity index (χ2n) is 5.17. The molecule has 1 aliphatic heterocycles. The summed E-state index contributed by atoms with van der Waals surface area (Å²) in [4.78, 5) is 16.5. The number of carbonyl (C=O) groups excluding carboxylic acids is 1. The number of rotatable bonds is 3. The Bertz CT molecular complexity index is 584. The Hall–Kier alpha value is -1.82. The predicted octanol–water partition coefficient (Wildman–Crippen LogP) is 2.64. The zero-order chi connectivity index (χ0) is 15.6. The van der Waals surface area contributed by atoms with Crippen molar-refractivity contribution in [2.75, 3.05) is 7.11 Å². The first-order chi connectivity index (χ1) is 9.93. The van der Waals surface area contributed by atoms with Gasteiger partial charge in [0.25, 0.3) is 0 Å². The SMILES string of the molecule is COC(=O)C1C(C(C)C)=NC(=S)NC1c1ccc(F)cc1. The van der Waals surface area contributed by atoms with Crippen LogP contribution in [0.4, 0.5) is 4.39 Å². The summed E-state index contributed by atoms with van der Waals surface area (Å²) in [6, 6.07) is 5.58. The standard InChI is InChI=1S/C15H17FN2O2S/c1-8(2)12-11(14(19)20-3)13(18-15(21)17-12)9-4-6-10(16)7-5-9/h4-8,11,13H,1-3H3,(H,18,21). The van der Waals surface area contributed by atoms with Crippen LogP contribution in [0.15, 0.2) is 29.3 Å². The highest BCUT2D eigenvalue weighted by Crippen LogP contribution is 2.30. The third kappa shape index (κ3) is 3.26. The van der Waals surface area contributed by atoms with E-state index in [9.17, 15) is 9.18 Å². The van der Waals surface area contributed by atoms with Crippen molar-refractivity contribution in [3.8, 4) is 0 Å². The number of nitrogens with zero attached hydrogens (tertiary/aromatic N) is 1. The van der Waals surface area contributed by atoms with E-state index >= 15 is 0 Å². The van der Waals surface area contributed by atoms with Crippen molar-refractivity contribution in [3.05, 3.63) is 35.6 Å². The molecule has 0 bridgehead atoms. The third-order valence-electron chi connectivity index (χ3n) is 3.44. The van der Waals surface area contributed by atoms with Crippen molar-refractivity contribution < 1.29 is 13.9 Å². The van der Waals surface area contributed by atoms with Gasteiger partial charge in [0.1, 0.15) is 11.7 Å². The van der Waals surface area contributed by atoms with Crippen molar-refractivity contribution in [3.63, 3.8) is 0 Å². The number of ether oxygens (including phenoxy) is 1. The average Bonchev–Trinajstić information content (AvgIpc) is 2.46. The van der Waals surface area contributed by atoms with E-state index in [1.807, 2.05) is 13.8 Å². The number of aliphatic imine (C=N–C) groups is 1. The summed E-state index contributed by atoms with van der Waals surface area (Å²) >= 11 is 5.16. The van der Waals surface area contributed by atoms with Crippen LogP contribution in [0.3, 0.4) is 0 Å². The molecule has 1 heterocycles. The summed E-state index contributed by atoms with van der Waals surface area (Å²) in [7, 11) is 1.34. The van der Waals surface area contributed by atoms with Gasteiger partial charge in [0.15, 0.2) is 5.11 Å². The number of nitrogens with one attached hydrogen (secondary N) is 1. The van der Waals surface area contributed by atoms with Gasteiger partial charge in [-0.3, -0.25) is 4.79 Å². The molecule has 0 saturated carbocycles. The van der Waals surface area contributed by atoms with Crippen LogP contribution in [-0.4, -0.2) is 23.9 Å². The first kappa shape index (κ1) is 15.6. The van der Waals surface area contributed by atoms with Gasteiger partial charge in [0.2, 0.25) is 0 Å². The minimum atomic E-state index is -0.577. The lowest BCUT2D eigenvalue weighted by molar-refractivity contribution is -0.144. The van der Waals surface area contributed by atoms with Crippen LogP contribution in [0.2, 0.25) is 0 Å². The molecule has 0 spiro atoms. The van der Waals surface area contributed by atoms with Crippen molar-refractivity contribution in [1.29, 1.82) is 0 Å². The zero-order valence-corrected chi connectivity index (χ0v) is 12.9. The first-order valence-corrected chi connectivity index (χ1v) is 7.07. The number of esters is 1. The molecular formula is C15H17FN2O2S. The molecule has 4 nitrogen and oxygen atoms in total. The van der Waals surface area contributed by atoms with Gasteiger partial charge in [-0.25, -0.2) is 9.38 Å². The van der Waals surface area contributed by atoms with E-state index in [0.717, 1.165) is 5.56 Å². The van der Waals surface area contributed by atoms with E-state index in [-0.39, 0.29) is 17.7 Å². The molecule has 1 N–H and O–H groups in total. The maximum Gasteiger partial charge on any atom is 0.316 e. The lowest BCUT2D eigenvalue weighted by Gasteiger charge is -2.33. The minimum Gasteiger partial charge on any atom is -0.468 e. The van der Waals surface area contributed by atoms with E-state index in [1.165, 1.54) is 19.2 Å². The van der Waals surface area contributed by atoms with Gasteiger partial charge in [0.05, 0.1) is 13.2 Å². The molecular weight excluding hydrogens is 291 g/mol. The maximum atomic E-state index is 13.1. The Kier molecular flexibility index (Phi) is 4.67. The van der Waals surface area contributed by atoms with Crippen molar-refractivity contribution in [2.24, 2.45) is 16.8 Å². The summed E-state index contributed by atoms with van der Waals surface area (Å²) in [5, 5.41) is 3.35. The summed E-state index contributed by atoms with van der Waals surface area (Å²) in [6.45, 7) is 3.90. The zero-order valence-electron chi connectivity index (χ0n) is 12.1. The largest absolute Gasteiger partial charge is 0.468 e. The second-order valence-corrected chi connectivity index (χ2v) is 5.56. The Balaban J connectivity index is 2.47. The fourth-order valence-electron chi connectivity index (χ4n) is 2.42. The quantitative estimate of drug-likeness (QED) is 0.689. The third-order valence-corrected chi connectivity index (χ3v) is 3.65. The first-order valence-electron chi connectivity index (χ1n) is 6.66. The van der Waals surface area contributed by atoms with Crippen LogP contribution in [0.1, 0.15) is 25.5 Å². The van der Waals surface area contributed by atoms with E-state index in [2.05, 4.69) is 10.3 Å². The van der Waals surface area contributed by atoms with Crippen LogP contribution in [-0.2, 0) is 9.53 Å². The Morgan fingerprint density at radius 2 is 2.00 bits per heavy atom. The van der Waals surface area contributed by atoms with Crippen LogP contribution >= 0.6 is 12.2 Å². The lowest BCUT2D eigenvalue weighted by atomic mass is 9.83. The Labute approximate surface area is 128 Å². The minimum absolute atomic E-state index is 0.0529. The number of methoxy groups -OCH3 is 1. The topological polar surface area (TPSA) is 50.7 Å². The number of hydrogen-bond donors (Lipinski definition) is 1. The molecule has 1 aromatic carbocycles. The maximum absolute atomic E-state index is 13.1. The normalized spacial score (nSPS) is 21.8. The fraction of sp³-hybridized carbons (Fsp3) is 0.400. The molecule has 0 fully saturated rings.